The molecule has 0 spiro atoms. The van der Waals surface area contributed by atoms with Gasteiger partial charge < -0.3 is 5.73 Å². The number of thiocarbonyl (C=S) groups is 1. The highest BCUT2D eigenvalue weighted by Crippen LogP contribution is 2.04. The summed E-state index contributed by atoms with van der Waals surface area (Å²) in [5.74, 6) is 0. The number of aryl methyl sites for hydroxylation is 1. The zero-order valence-corrected chi connectivity index (χ0v) is 7.40. The van der Waals surface area contributed by atoms with Crippen LogP contribution in [-0.4, -0.2) is 14.8 Å². The van der Waals surface area contributed by atoms with Gasteiger partial charge in [0.1, 0.15) is 0 Å². The Kier molecular flexibility index (Phi) is 2.84. The number of hydrogen-bond donors (Lipinski definition) is 1. The average molecular weight is 190 g/mol. The zero-order chi connectivity index (χ0) is 8.27. The molecule has 0 fully saturated rings. The summed E-state index contributed by atoms with van der Waals surface area (Å²) in [5.41, 5.74) is 5.30. The van der Waals surface area contributed by atoms with Crippen molar-refractivity contribution < 1.29 is 0 Å². The van der Waals surface area contributed by atoms with Gasteiger partial charge in [-0.3, -0.25) is 4.68 Å². The van der Waals surface area contributed by atoms with Crippen molar-refractivity contribution in [2.24, 2.45) is 5.73 Å². The van der Waals surface area contributed by atoms with E-state index in [1.165, 1.54) is 0 Å². The molecule has 0 atom stereocenters. The highest BCUT2D eigenvalue weighted by atomic mass is 35.5. The minimum atomic E-state index is 0.497. The van der Waals surface area contributed by atoms with Crippen molar-refractivity contribution in [2.75, 3.05) is 0 Å². The van der Waals surface area contributed by atoms with Gasteiger partial charge in [0.15, 0.2) is 0 Å². The first kappa shape index (κ1) is 8.49. The lowest BCUT2D eigenvalue weighted by Crippen LogP contribution is -2.11. The molecule has 0 aromatic carbocycles. The first-order valence-corrected chi connectivity index (χ1v) is 3.93. The molecule has 0 aliphatic heterocycles. The van der Waals surface area contributed by atoms with Crippen LogP contribution in [0.2, 0.25) is 5.02 Å². The number of rotatable bonds is 3. The number of aromatic nitrogens is 2. The topological polar surface area (TPSA) is 43.8 Å². The summed E-state index contributed by atoms with van der Waals surface area (Å²) < 4.78 is 1.71. The van der Waals surface area contributed by atoms with E-state index in [1.807, 2.05) is 0 Å². The third-order valence-electron chi connectivity index (χ3n) is 1.19. The van der Waals surface area contributed by atoms with Crippen molar-refractivity contribution >= 4 is 28.8 Å². The van der Waals surface area contributed by atoms with Crippen molar-refractivity contribution in [1.29, 1.82) is 0 Å². The third kappa shape index (κ3) is 2.86. The summed E-state index contributed by atoms with van der Waals surface area (Å²) in [6, 6.07) is 0. The van der Waals surface area contributed by atoms with Crippen LogP contribution >= 0.6 is 23.8 Å². The van der Waals surface area contributed by atoms with Crippen molar-refractivity contribution in [2.45, 2.75) is 13.0 Å². The predicted molar refractivity (Wildman–Crippen MR) is 48.6 cm³/mol. The molecule has 3 nitrogen and oxygen atoms in total. The fraction of sp³-hybridized carbons (Fsp3) is 0.333. The van der Waals surface area contributed by atoms with Crippen LogP contribution in [-0.2, 0) is 6.54 Å². The molecule has 0 aliphatic rings. The van der Waals surface area contributed by atoms with Gasteiger partial charge in [-0.2, -0.15) is 5.10 Å². The first-order valence-electron chi connectivity index (χ1n) is 3.15. The fourth-order valence-electron chi connectivity index (χ4n) is 0.685. The predicted octanol–water partition coefficient (Wildman–Crippen LogP) is 1.21. The van der Waals surface area contributed by atoms with E-state index in [4.69, 9.17) is 29.6 Å². The maximum absolute atomic E-state index is 5.63. The molecule has 0 unspecified atom stereocenters. The average Bonchev–Trinajstić information content (AvgIpc) is 2.31. The largest absolute Gasteiger partial charge is 0.393 e. The second-order valence-corrected chi connectivity index (χ2v) is 3.10. The molecule has 0 saturated carbocycles. The Morgan fingerprint density at radius 2 is 2.55 bits per heavy atom. The maximum Gasteiger partial charge on any atom is 0.0785 e. The molecule has 60 valence electrons. The van der Waals surface area contributed by atoms with Crippen LogP contribution in [0.1, 0.15) is 6.42 Å². The van der Waals surface area contributed by atoms with E-state index >= 15 is 0 Å². The molecule has 1 heterocycles. The minimum absolute atomic E-state index is 0.497. The van der Waals surface area contributed by atoms with Crippen LogP contribution in [0.15, 0.2) is 12.4 Å². The van der Waals surface area contributed by atoms with E-state index in [0.29, 0.717) is 23.0 Å². The molecule has 1 aromatic rings. The summed E-state index contributed by atoms with van der Waals surface area (Å²) >= 11 is 10.3. The van der Waals surface area contributed by atoms with Gasteiger partial charge >= 0.3 is 0 Å². The lowest BCUT2D eigenvalue weighted by molar-refractivity contribution is 0.635. The Morgan fingerprint density at radius 3 is 3.00 bits per heavy atom. The molecule has 0 aliphatic carbocycles. The van der Waals surface area contributed by atoms with Gasteiger partial charge in [0.2, 0.25) is 0 Å². The van der Waals surface area contributed by atoms with E-state index in [-0.39, 0.29) is 0 Å². The van der Waals surface area contributed by atoms with Gasteiger partial charge in [0.25, 0.3) is 0 Å². The Morgan fingerprint density at radius 1 is 1.82 bits per heavy atom. The van der Waals surface area contributed by atoms with E-state index in [9.17, 15) is 0 Å². The zero-order valence-electron chi connectivity index (χ0n) is 5.83. The molecular formula is C6H8ClN3S. The van der Waals surface area contributed by atoms with Gasteiger partial charge in [-0.15, -0.1) is 0 Å². The van der Waals surface area contributed by atoms with Crippen LogP contribution in [0.5, 0.6) is 0 Å². The minimum Gasteiger partial charge on any atom is -0.393 e. The lowest BCUT2D eigenvalue weighted by atomic mass is 10.4. The Hall–Kier alpha value is -0.610. The summed E-state index contributed by atoms with van der Waals surface area (Å²) in [6.07, 6.45) is 3.98. The molecule has 0 radical (unpaired) electrons. The lowest BCUT2D eigenvalue weighted by Gasteiger charge is -1.97. The Labute approximate surface area is 75.1 Å². The smallest absolute Gasteiger partial charge is 0.0785 e. The second-order valence-electron chi connectivity index (χ2n) is 2.14. The summed E-state index contributed by atoms with van der Waals surface area (Å²) in [4.78, 5) is 0.497. The van der Waals surface area contributed by atoms with E-state index in [1.54, 1.807) is 17.1 Å². The quantitative estimate of drug-likeness (QED) is 0.728. The van der Waals surface area contributed by atoms with Gasteiger partial charge in [0, 0.05) is 19.2 Å². The van der Waals surface area contributed by atoms with Crippen LogP contribution in [0.3, 0.4) is 0 Å². The highest BCUT2D eigenvalue weighted by molar-refractivity contribution is 7.80. The molecule has 1 rings (SSSR count). The number of nitrogens with zero attached hydrogens (tertiary/aromatic N) is 2. The molecule has 5 heteroatoms. The molecule has 2 N–H and O–H groups in total. The summed E-state index contributed by atoms with van der Waals surface area (Å²) in [7, 11) is 0. The van der Waals surface area contributed by atoms with Gasteiger partial charge in [-0.1, -0.05) is 23.8 Å². The van der Waals surface area contributed by atoms with Gasteiger partial charge in [-0.25, -0.2) is 0 Å². The van der Waals surface area contributed by atoms with Gasteiger partial charge in [0.05, 0.1) is 16.2 Å². The van der Waals surface area contributed by atoms with Crippen LogP contribution in [0.25, 0.3) is 0 Å². The SMILES string of the molecule is NC(=S)CCn1cc(Cl)cn1. The van der Waals surface area contributed by atoms with E-state index < -0.39 is 0 Å². The molecule has 11 heavy (non-hydrogen) atoms. The monoisotopic (exact) mass is 189 g/mol. The fourth-order valence-corrected chi connectivity index (χ4v) is 0.933. The summed E-state index contributed by atoms with van der Waals surface area (Å²) in [5, 5.41) is 4.59. The number of hydrogen-bond acceptors (Lipinski definition) is 2. The molecule has 0 saturated heterocycles. The molecule has 0 bridgehead atoms. The normalized spacial score (nSPS) is 9.91. The van der Waals surface area contributed by atoms with Gasteiger partial charge in [-0.05, 0) is 0 Å². The maximum atomic E-state index is 5.63. The first-order chi connectivity index (χ1) is 5.18. The van der Waals surface area contributed by atoms with Crippen molar-refractivity contribution in [1.82, 2.24) is 9.78 Å². The second kappa shape index (κ2) is 3.69. The molecule has 0 amide bonds. The van der Waals surface area contributed by atoms with Crippen molar-refractivity contribution in [3.8, 4) is 0 Å². The molecular weight excluding hydrogens is 182 g/mol. The van der Waals surface area contributed by atoms with E-state index in [2.05, 4.69) is 5.10 Å². The van der Waals surface area contributed by atoms with E-state index in [0.717, 1.165) is 0 Å². The van der Waals surface area contributed by atoms with Crippen molar-refractivity contribution in [3.63, 3.8) is 0 Å². The Bertz CT molecular complexity index is 258. The number of halogens is 1. The molecule has 1 aromatic heterocycles. The van der Waals surface area contributed by atoms with Crippen LogP contribution < -0.4 is 5.73 Å². The van der Waals surface area contributed by atoms with Crippen LogP contribution in [0, 0.1) is 0 Å². The standard InChI is InChI=1S/C6H8ClN3S/c7-5-3-9-10(4-5)2-1-6(8)11/h3-4H,1-2H2,(H2,8,11). The summed E-state index contributed by atoms with van der Waals surface area (Å²) in [6.45, 7) is 0.696. The Balaban J connectivity index is 2.45. The third-order valence-corrected chi connectivity index (χ3v) is 1.59. The number of nitrogens with two attached hydrogens (primary N) is 1. The van der Waals surface area contributed by atoms with Crippen molar-refractivity contribution in [3.05, 3.63) is 17.4 Å². The highest BCUT2D eigenvalue weighted by Gasteiger charge is 1.95. The van der Waals surface area contributed by atoms with Crippen LogP contribution in [0.4, 0.5) is 0 Å².